The van der Waals surface area contributed by atoms with E-state index in [4.69, 9.17) is 11.6 Å². The SMILES string of the molecule is CCN(CC)C1=NC(=O)C(CC(=O)Nc2cccc(C(=O)NCCc3cccc(Cl)c3)c2)S1. The largest absolute Gasteiger partial charge is 0.352 e. The van der Waals surface area contributed by atoms with E-state index in [2.05, 4.69) is 15.6 Å². The summed E-state index contributed by atoms with van der Waals surface area (Å²) in [5.41, 5.74) is 1.98. The van der Waals surface area contributed by atoms with Crippen LogP contribution >= 0.6 is 23.4 Å². The van der Waals surface area contributed by atoms with Gasteiger partial charge in [-0.2, -0.15) is 4.99 Å². The number of carbonyl (C=O) groups is 3. The monoisotopic (exact) mass is 486 g/mol. The molecule has 1 aliphatic heterocycles. The van der Waals surface area contributed by atoms with Gasteiger partial charge >= 0.3 is 0 Å². The van der Waals surface area contributed by atoms with E-state index in [9.17, 15) is 14.4 Å². The minimum Gasteiger partial charge on any atom is -0.352 e. The van der Waals surface area contributed by atoms with E-state index < -0.39 is 5.25 Å². The number of benzene rings is 2. The average molecular weight is 487 g/mol. The van der Waals surface area contributed by atoms with E-state index in [1.54, 1.807) is 24.3 Å². The maximum atomic E-state index is 12.5. The second-order valence-electron chi connectivity index (χ2n) is 7.48. The van der Waals surface area contributed by atoms with E-state index in [1.165, 1.54) is 11.8 Å². The number of halogens is 1. The summed E-state index contributed by atoms with van der Waals surface area (Å²) in [7, 11) is 0. The smallest absolute Gasteiger partial charge is 0.262 e. The molecule has 0 bridgehead atoms. The molecule has 3 amide bonds. The molecule has 33 heavy (non-hydrogen) atoms. The summed E-state index contributed by atoms with van der Waals surface area (Å²) in [5.74, 6) is -0.813. The molecule has 7 nitrogen and oxygen atoms in total. The number of hydrogen-bond donors (Lipinski definition) is 2. The molecule has 0 saturated heterocycles. The third-order valence-corrected chi connectivity index (χ3v) is 6.58. The molecule has 2 aromatic rings. The van der Waals surface area contributed by atoms with Gasteiger partial charge in [-0.1, -0.05) is 41.6 Å². The molecule has 0 aromatic heterocycles. The van der Waals surface area contributed by atoms with Crippen molar-refractivity contribution >= 4 is 51.9 Å². The van der Waals surface area contributed by atoms with E-state index in [-0.39, 0.29) is 24.1 Å². The Bertz CT molecular complexity index is 1060. The molecule has 1 heterocycles. The highest BCUT2D eigenvalue weighted by molar-refractivity contribution is 8.15. The standard InChI is InChI=1S/C24H27ClN4O3S/c1-3-29(4-2)24-28-23(32)20(33-24)15-21(30)27-19-10-6-8-17(14-19)22(31)26-12-11-16-7-5-9-18(25)13-16/h5-10,13-14,20H,3-4,11-12,15H2,1-2H3,(H,26,31)(H,27,30). The second-order valence-corrected chi connectivity index (χ2v) is 9.09. The predicted molar refractivity (Wildman–Crippen MR) is 134 cm³/mol. The fraction of sp³-hybridized carbons (Fsp3) is 0.333. The Morgan fingerprint density at radius 1 is 1.12 bits per heavy atom. The second kappa shape index (κ2) is 11.9. The van der Waals surface area contributed by atoms with E-state index >= 15 is 0 Å². The number of amidine groups is 1. The summed E-state index contributed by atoms with van der Waals surface area (Å²) in [6.07, 6.45) is 0.682. The van der Waals surface area contributed by atoms with Crippen LogP contribution in [0.5, 0.6) is 0 Å². The van der Waals surface area contributed by atoms with Crippen molar-refractivity contribution in [1.82, 2.24) is 10.2 Å². The Balaban J connectivity index is 1.50. The summed E-state index contributed by atoms with van der Waals surface area (Å²) >= 11 is 7.31. The summed E-state index contributed by atoms with van der Waals surface area (Å²) < 4.78 is 0. The van der Waals surface area contributed by atoms with Crippen molar-refractivity contribution in [2.24, 2.45) is 4.99 Å². The van der Waals surface area contributed by atoms with Crippen LogP contribution in [0.3, 0.4) is 0 Å². The molecule has 0 radical (unpaired) electrons. The Hall–Kier alpha value is -2.84. The molecule has 0 spiro atoms. The first kappa shape index (κ1) is 24.8. The Kier molecular flexibility index (Phi) is 8.91. The van der Waals surface area contributed by atoms with Gasteiger partial charge in [0.1, 0.15) is 5.25 Å². The van der Waals surface area contributed by atoms with Gasteiger partial charge in [0.2, 0.25) is 5.91 Å². The zero-order valence-corrected chi connectivity index (χ0v) is 20.2. The van der Waals surface area contributed by atoms with Crippen LogP contribution in [-0.4, -0.2) is 52.7 Å². The van der Waals surface area contributed by atoms with Crippen molar-refractivity contribution < 1.29 is 14.4 Å². The van der Waals surface area contributed by atoms with Crippen LogP contribution < -0.4 is 10.6 Å². The van der Waals surface area contributed by atoms with Crippen molar-refractivity contribution in [3.63, 3.8) is 0 Å². The first-order chi connectivity index (χ1) is 15.9. The van der Waals surface area contributed by atoms with Crippen molar-refractivity contribution in [1.29, 1.82) is 0 Å². The van der Waals surface area contributed by atoms with Gasteiger partial charge in [-0.05, 0) is 56.2 Å². The predicted octanol–water partition coefficient (Wildman–Crippen LogP) is 3.98. The number of rotatable bonds is 9. The minimum atomic E-state index is -0.529. The lowest BCUT2D eigenvalue weighted by Crippen LogP contribution is -2.28. The third-order valence-electron chi connectivity index (χ3n) is 5.13. The fourth-order valence-corrected chi connectivity index (χ4v) is 4.78. The van der Waals surface area contributed by atoms with Crippen LogP contribution in [0.25, 0.3) is 0 Å². The molecule has 3 rings (SSSR count). The first-order valence-electron chi connectivity index (χ1n) is 10.9. The molecule has 0 saturated carbocycles. The maximum absolute atomic E-state index is 12.5. The molecular formula is C24H27ClN4O3S. The number of nitrogens with zero attached hydrogens (tertiary/aromatic N) is 2. The highest BCUT2D eigenvalue weighted by atomic mass is 35.5. The summed E-state index contributed by atoms with van der Waals surface area (Å²) in [6.45, 7) is 5.96. The lowest BCUT2D eigenvalue weighted by atomic mass is 10.1. The third kappa shape index (κ3) is 7.07. The number of nitrogens with one attached hydrogen (secondary N) is 2. The highest BCUT2D eigenvalue weighted by Gasteiger charge is 2.32. The highest BCUT2D eigenvalue weighted by Crippen LogP contribution is 2.27. The minimum absolute atomic E-state index is 0.0217. The number of anilines is 1. The Labute approximate surface area is 203 Å². The first-order valence-corrected chi connectivity index (χ1v) is 12.1. The quantitative estimate of drug-likeness (QED) is 0.559. The van der Waals surface area contributed by atoms with Crippen molar-refractivity contribution in [3.8, 4) is 0 Å². The average Bonchev–Trinajstić information content (AvgIpc) is 3.14. The van der Waals surface area contributed by atoms with Crippen LogP contribution in [0, 0.1) is 0 Å². The van der Waals surface area contributed by atoms with Crippen molar-refractivity contribution in [2.45, 2.75) is 31.9 Å². The lowest BCUT2D eigenvalue weighted by Gasteiger charge is -2.19. The zero-order valence-electron chi connectivity index (χ0n) is 18.6. The number of aliphatic imine (C=N–C) groups is 1. The van der Waals surface area contributed by atoms with E-state index in [1.807, 2.05) is 43.0 Å². The number of hydrogen-bond acceptors (Lipinski definition) is 5. The van der Waals surface area contributed by atoms with Gasteiger partial charge in [-0.3, -0.25) is 14.4 Å². The van der Waals surface area contributed by atoms with Crippen LogP contribution in [0.1, 0.15) is 36.2 Å². The summed E-state index contributed by atoms with van der Waals surface area (Å²) in [4.78, 5) is 43.3. The molecule has 9 heteroatoms. The van der Waals surface area contributed by atoms with E-state index in [0.717, 1.165) is 18.7 Å². The maximum Gasteiger partial charge on any atom is 0.262 e. The van der Waals surface area contributed by atoms with Gasteiger partial charge in [0.15, 0.2) is 5.17 Å². The molecule has 0 aliphatic carbocycles. The molecule has 1 aliphatic rings. The number of amides is 3. The lowest BCUT2D eigenvalue weighted by molar-refractivity contribution is -0.121. The molecule has 1 atom stereocenters. The molecule has 2 aromatic carbocycles. The van der Waals surface area contributed by atoms with Gasteiger partial charge in [0.05, 0.1) is 0 Å². The van der Waals surface area contributed by atoms with Crippen LogP contribution in [0.2, 0.25) is 5.02 Å². The summed E-state index contributed by atoms with van der Waals surface area (Å²) in [6, 6.07) is 14.2. The van der Waals surface area contributed by atoms with Gasteiger partial charge in [0.25, 0.3) is 11.8 Å². The van der Waals surface area contributed by atoms with Crippen LogP contribution in [0.4, 0.5) is 5.69 Å². The van der Waals surface area contributed by atoms with Gasteiger partial charge in [0, 0.05) is 42.3 Å². The molecule has 1 unspecified atom stereocenters. The van der Waals surface area contributed by atoms with Crippen LogP contribution in [0.15, 0.2) is 53.5 Å². The molecule has 2 N–H and O–H groups in total. The Morgan fingerprint density at radius 3 is 2.61 bits per heavy atom. The molecular weight excluding hydrogens is 460 g/mol. The molecule has 0 fully saturated rings. The van der Waals surface area contributed by atoms with Gasteiger partial charge < -0.3 is 15.5 Å². The van der Waals surface area contributed by atoms with Crippen molar-refractivity contribution in [2.75, 3.05) is 25.0 Å². The normalized spacial score (nSPS) is 15.2. The van der Waals surface area contributed by atoms with E-state index in [0.29, 0.717) is 34.4 Å². The van der Waals surface area contributed by atoms with Crippen molar-refractivity contribution in [3.05, 3.63) is 64.7 Å². The fourth-order valence-electron chi connectivity index (χ4n) is 3.37. The summed E-state index contributed by atoms with van der Waals surface area (Å²) in [5, 5.41) is 6.46. The van der Waals surface area contributed by atoms with Gasteiger partial charge in [-0.25, -0.2) is 0 Å². The number of thioether (sulfide) groups is 1. The number of carbonyl (C=O) groups excluding carboxylic acids is 3. The van der Waals surface area contributed by atoms with Crippen LogP contribution in [-0.2, 0) is 16.0 Å². The van der Waals surface area contributed by atoms with Gasteiger partial charge in [-0.15, -0.1) is 0 Å². The zero-order chi connectivity index (χ0) is 23.8. The topological polar surface area (TPSA) is 90.9 Å². The Morgan fingerprint density at radius 2 is 1.88 bits per heavy atom. The molecule has 174 valence electrons.